The maximum Gasteiger partial charge on any atom is 0.157 e. The topological polar surface area (TPSA) is 56.2 Å². The van der Waals surface area contributed by atoms with E-state index in [-0.39, 0.29) is 12.4 Å². The molecule has 4 nitrogen and oxygen atoms in total. The summed E-state index contributed by atoms with van der Waals surface area (Å²) in [4.78, 5) is 4.23. The van der Waals surface area contributed by atoms with Crippen LogP contribution in [0.3, 0.4) is 0 Å². The molecule has 2 rings (SSSR count). The van der Waals surface area contributed by atoms with Gasteiger partial charge in [0.15, 0.2) is 5.65 Å². The van der Waals surface area contributed by atoms with Gasteiger partial charge in [-0.15, -0.1) is 12.4 Å². The first kappa shape index (κ1) is 9.95. The molecule has 0 aliphatic heterocycles. The molecular weight excluding hydrogens is 188 g/mol. The highest BCUT2D eigenvalue weighted by Crippen LogP contribution is 2.06. The van der Waals surface area contributed by atoms with Crippen molar-refractivity contribution in [2.75, 3.05) is 0 Å². The molecule has 2 heterocycles. The van der Waals surface area contributed by atoms with Crippen LogP contribution < -0.4 is 5.73 Å². The SMILES string of the molecule is Cc1cnn2cc(CN)cnc12.Cl. The van der Waals surface area contributed by atoms with Gasteiger partial charge in [-0.25, -0.2) is 9.50 Å². The van der Waals surface area contributed by atoms with Crippen LogP contribution in [0.4, 0.5) is 0 Å². The molecule has 0 radical (unpaired) electrons. The van der Waals surface area contributed by atoms with Crippen molar-refractivity contribution in [3.8, 4) is 0 Å². The van der Waals surface area contributed by atoms with E-state index in [9.17, 15) is 0 Å². The first-order chi connectivity index (χ1) is 5.81. The summed E-state index contributed by atoms with van der Waals surface area (Å²) < 4.78 is 1.75. The van der Waals surface area contributed by atoms with Crippen LogP contribution in [-0.2, 0) is 6.54 Å². The molecule has 0 amide bonds. The number of aryl methyl sites for hydroxylation is 1. The highest BCUT2D eigenvalue weighted by atomic mass is 35.5. The van der Waals surface area contributed by atoms with Crippen LogP contribution in [0.15, 0.2) is 18.6 Å². The molecule has 0 spiro atoms. The van der Waals surface area contributed by atoms with Gasteiger partial charge in [0.25, 0.3) is 0 Å². The first-order valence-corrected chi connectivity index (χ1v) is 3.80. The van der Waals surface area contributed by atoms with E-state index in [1.807, 2.05) is 13.1 Å². The fourth-order valence-electron chi connectivity index (χ4n) is 1.14. The van der Waals surface area contributed by atoms with Crippen molar-refractivity contribution in [3.05, 3.63) is 29.7 Å². The molecule has 2 N–H and O–H groups in total. The van der Waals surface area contributed by atoms with E-state index >= 15 is 0 Å². The number of nitrogens with two attached hydrogens (primary N) is 1. The number of hydrogen-bond acceptors (Lipinski definition) is 3. The highest BCUT2D eigenvalue weighted by molar-refractivity contribution is 5.85. The lowest BCUT2D eigenvalue weighted by atomic mass is 10.3. The zero-order valence-corrected chi connectivity index (χ0v) is 8.08. The summed E-state index contributed by atoms with van der Waals surface area (Å²) in [6, 6.07) is 0. The minimum atomic E-state index is 0. The summed E-state index contributed by atoms with van der Waals surface area (Å²) in [5.41, 5.74) is 8.44. The fourth-order valence-corrected chi connectivity index (χ4v) is 1.14. The van der Waals surface area contributed by atoms with Crippen molar-refractivity contribution in [2.45, 2.75) is 13.5 Å². The van der Waals surface area contributed by atoms with Gasteiger partial charge < -0.3 is 5.73 Å². The van der Waals surface area contributed by atoms with Crippen molar-refractivity contribution in [3.63, 3.8) is 0 Å². The predicted molar refractivity (Wildman–Crippen MR) is 52.9 cm³/mol. The minimum Gasteiger partial charge on any atom is -0.326 e. The molecule has 2 aromatic heterocycles. The Hall–Kier alpha value is -1.13. The van der Waals surface area contributed by atoms with E-state index in [1.165, 1.54) is 0 Å². The van der Waals surface area contributed by atoms with Crippen molar-refractivity contribution in [2.24, 2.45) is 5.73 Å². The van der Waals surface area contributed by atoms with E-state index < -0.39 is 0 Å². The van der Waals surface area contributed by atoms with Crippen LogP contribution in [0, 0.1) is 6.92 Å². The summed E-state index contributed by atoms with van der Waals surface area (Å²) in [5.74, 6) is 0. The number of aromatic nitrogens is 3. The number of halogens is 1. The molecule has 5 heteroatoms. The molecule has 13 heavy (non-hydrogen) atoms. The van der Waals surface area contributed by atoms with Gasteiger partial charge in [0, 0.05) is 30.1 Å². The van der Waals surface area contributed by atoms with Crippen molar-refractivity contribution < 1.29 is 0 Å². The van der Waals surface area contributed by atoms with Crippen molar-refractivity contribution in [1.29, 1.82) is 0 Å². The zero-order chi connectivity index (χ0) is 8.55. The van der Waals surface area contributed by atoms with Gasteiger partial charge in [-0.05, 0) is 6.92 Å². The zero-order valence-electron chi connectivity index (χ0n) is 7.27. The molecular formula is C8H11ClN4. The number of hydrogen-bond donors (Lipinski definition) is 1. The average molecular weight is 199 g/mol. The first-order valence-electron chi connectivity index (χ1n) is 3.80. The Labute approximate surface area is 82.2 Å². The second kappa shape index (κ2) is 3.72. The standard InChI is InChI=1S/C8H10N4.ClH/c1-6-3-11-12-5-7(2-9)4-10-8(6)12;/h3-5H,2,9H2,1H3;1H. The maximum absolute atomic E-state index is 5.47. The quantitative estimate of drug-likeness (QED) is 0.742. The Morgan fingerprint density at radius 2 is 2.23 bits per heavy atom. The smallest absolute Gasteiger partial charge is 0.157 e. The molecule has 0 atom stereocenters. The van der Waals surface area contributed by atoms with E-state index in [4.69, 9.17) is 5.73 Å². The number of nitrogens with zero attached hydrogens (tertiary/aromatic N) is 3. The third kappa shape index (κ3) is 1.64. The molecule has 0 bridgehead atoms. The molecule has 0 fully saturated rings. The van der Waals surface area contributed by atoms with Crippen LogP contribution in [0.25, 0.3) is 5.65 Å². The van der Waals surface area contributed by atoms with Gasteiger partial charge in [-0.3, -0.25) is 0 Å². The molecule has 0 saturated carbocycles. The lowest BCUT2D eigenvalue weighted by molar-refractivity contribution is 0.902. The van der Waals surface area contributed by atoms with Crippen molar-refractivity contribution in [1.82, 2.24) is 14.6 Å². The second-order valence-corrected chi connectivity index (χ2v) is 2.76. The third-order valence-corrected chi connectivity index (χ3v) is 1.82. The van der Waals surface area contributed by atoms with Gasteiger partial charge >= 0.3 is 0 Å². The lowest BCUT2D eigenvalue weighted by Gasteiger charge is -1.96. The molecule has 0 saturated heterocycles. The Balaban J connectivity index is 0.000000845. The van der Waals surface area contributed by atoms with Gasteiger partial charge in [0.05, 0.1) is 6.20 Å². The lowest BCUT2D eigenvalue weighted by Crippen LogP contribution is -2.00. The maximum atomic E-state index is 5.47. The van der Waals surface area contributed by atoms with E-state index in [1.54, 1.807) is 16.9 Å². The Morgan fingerprint density at radius 3 is 2.92 bits per heavy atom. The summed E-state index contributed by atoms with van der Waals surface area (Å²) in [6.07, 6.45) is 5.47. The van der Waals surface area contributed by atoms with Gasteiger partial charge in [0.1, 0.15) is 0 Å². The number of fused-ring (bicyclic) bond motifs is 1. The van der Waals surface area contributed by atoms with Crippen LogP contribution in [0.1, 0.15) is 11.1 Å². The van der Waals surface area contributed by atoms with Crippen molar-refractivity contribution >= 4 is 18.1 Å². The average Bonchev–Trinajstić information content (AvgIpc) is 2.47. The Morgan fingerprint density at radius 1 is 1.46 bits per heavy atom. The Kier molecular flexibility index (Phi) is 2.85. The predicted octanol–water partition coefficient (Wildman–Crippen LogP) is 0.918. The molecule has 0 unspecified atom stereocenters. The van der Waals surface area contributed by atoms with Crippen LogP contribution in [0.2, 0.25) is 0 Å². The minimum absolute atomic E-state index is 0. The molecule has 0 aliphatic carbocycles. The van der Waals surface area contributed by atoms with Crippen LogP contribution >= 0.6 is 12.4 Å². The van der Waals surface area contributed by atoms with E-state index in [2.05, 4.69) is 10.1 Å². The van der Waals surface area contributed by atoms with Gasteiger partial charge in [-0.1, -0.05) is 0 Å². The molecule has 0 aliphatic rings. The largest absolute Gasteiger partial charge is 0.326 e. The third-order valence-electron chi connectivity index (χ3n) is 1.82. The van der Waals surface area contributed by atoms with Gasteiger partial charge in [-0.2, -0.15) is 5.10 Å². The molecule has 2 aromatic rings. The summed E-state index contributed by atoms with van der Waals surface area (Å²) >= 11 is 0. The summed E-state index contributed by atoms with van der Waals surface area (Å²) in [7, 11) is 0. The monoisotopic (exact) mass is 198 g/mol. The fraction of sp³-hybridized carbons (Fsp3) is 0.250. The summed E-state index contributed by atoms with van der Waals surface area (Å²) in [6.45, 7) is 2.49. The molecule has 0 aromatic carbocycles. The normalized spacial score (nSPS) is 10.0. The second-order valence-electron chi connectivity index (χ2n) is 2.76. The van der Waals surface area contributed by atoms with E-state index in [0.717, 1.165) is 16.8 Å². The van der Waals surface area contributed by atoms with Crippen LogP contribution in [0.5, 0.6) is 0 Å². The number of rotatable bonds is 1. The van der Waals surface area contributed by atoms with E-state index in [0.29, 0.717) is 6.54 Å². The van der Waals surface area contributed by atoms with Crippen LogP contribution in [-0.4, -0.2) is 14.6 Å². The Bertz CT molecular complexity index is 409. The molecule has 70 valence electrons. The summed E-state index contributed by atoms with van der Waals surface area (Å²) in [5, 5.41) is 4.13. The van der Waals surface area contributed by atoms with Gasteiger partial charge in [0.2, 0.25) is 0 Å². The highest BCUT2D eigenvalue weighted by Gasteiger charge is 1.99.